The molecular formula is C22H22N2O2. The number of phenols is 1. The van der Waals surface area contributed by atoms with Crippen LogP contribution in [0.15, 0.2) is 59.4 Å². The standard InChI is InChI=1S/C22H22N2O2/c25-21-9-8-16-4-1-2-5-18(16)19(21)14-23-11-15-10-17(13-23)20-6-3-7-22(26)24(20)12-15/h1-9,15,17,25H,10-14H2/t15-,17+/m1/s1. The third kappa shape index (κ3) is 2.53. The van der Waals surface area contributed by atoms with Crippen LogP contribution in [0, 0.1) is 5.92 Å². The SMILES string of the molecule is O=c1cccc2n1C[C@@H]1C[C@H]2CN(Cc2c(O)ccc3ccccc23)C1. The molecule has 2 aromatic carbocycles. The van der Waals surface area contributed by atoms with Crippen LogP contribution in [0.3, 0.4) is 0 Å². The number of nitrogens with zero attached hydrogens (tertiary/aromatic N) is 2. The topological polar surface area (TPSA) is 45.5 Å². The van der Waals surface area contributed by atoms with Crippen LogP contribution in [0.1, 0.15) is 23.6 Å². The Morgan fingerprint density at radius 2 is 1.85 bits per heavy atom. The number of hydrogen-bond acceptors (Lipinski definition) is 3. The van der Waals surface area contributed by atoms with Gasteiger partial charge in [-0.05, 0) is 35.2 Å². The third-order valence-electron chi connectivity index (χ3n) is 5.95. The van der Waals surface area contributed by atoms with Crippen LogP contribution in [0.5, 0.6) is 5.75 Å². The molecule has 0 aliphatic carbocycles. The molecule has 2 aliphatic heterocycles. The van der Waals surface area contributed by atoms with Crippen molar-refractivity contribution in [3.8, 4) is 5.75 Å². The van der Waals surface area contributed by atoms with Crippen molar-refractivity contribution in [1.29, 1.82) is 0 Å². The second kappa shape index (κ2) is 5.99. The summed E-state index contributed by atoms with van der Waals surface area (Å²) in [6.07, 6.45) is 1.15. The quantitative estimate of drug-likeness (QED) is 0.774. The Balaban J connectivity index is 1.47. The summed E-state index contributed by atoms with van der Waals surface area (Å²) < 4.78 is 1.96. The zero-order chi connectivity index (χ0) is 17.7. The van der Waals surface area contributed by atoms with Crippen LogP contribution in [0.4, 0.5) is 0 Å². The van der Waals surface area contributed by atoms with Crippen molar-refractivity contribution in [2.75, 3.05) is 13.1 Å². The molecule has 2 aliphatic rings. The van der Waals surface area contributed by atoms with Gasteiger partial charge in [0.2, 0.25) is 0 Å². The molecule has 1 saturated heterocycles. The Labute approximate surface area is 152 Å². The van der Waals surface area contributed by atoms with Crippen molar-refractivity contribution >= 4 is 10.8 Å². The van der Waals surface area contributed by atoms with E-state index < -0.39 is 0 Å². The van der Waals surface area contributed by atoms with Crippen LogP contribution in [-0.2, 0) is 13.1 Å². The minimum atomic E-state index is 0.123. The predicted molar refractivity (Wildman–Crippen MR) is 102 cm³/mol. The first-order valence-corrected chi connectivity index (χ1v) is 9.31. The lowest BCUT2D eigenvalue weighted by molar-refractivity contribution is 0.114. The Morgan fingerprint density at radius 1 is 0.962 bits per heavy atom. The average molecular weight is 346 g/mol. The van der Waals surface area contributed by atoms with Gasteiger partial charge < -0.3 is 9.67 Å². The molecule has 2 atom stereocenters. The number of fused-ring (bicyclic) bond motifs is 5. The minimum absolute atomic E-state index is 0.123. The highest BCUT2D eigenvalue weighted by Gasteiger charge is 2.34. The second-order valence-corrected chi connectivity index (χ2v) is 7.68. The van der Waals surface area contributed by atoms with Crippen molar-refractivity contribution < 1.29 is 5.11 Å². The van der Waals surface area contributed by atoms with Gasteiger partial charge in [-0.25, -0.2) is 0 Å². The summed E-state index contributed by atoms with van der Waals surface area (Å²) >= 11 is 0. The molecule has 3 heterocycles. The normalized spacial score (nSPS) is 22.3. The zero-order valence-corrected chi connectivity index (χ0v) is 14.6. The first-order valence-electron chi connectivity index (χ1n) is 9.31. The number of phenolic OH excluding ortho intramolecular Hbond substituents is 1. The van der Waals surface area contributed by atoms with Gasteiger partial charge >= 0.3 is 0 Å². The number of hydrogen-bond donors (Lipinski definition) is 1. The lowest BCUT2D eigenvalue weighted by atomic mass is 9.83. The smallest absolute Gasteiger partial charge is 0.250 e. The summed E-state index contributed by atoms with van der Waals surface area (Å²) in [6, 6.07) is 17.7. The molecule has 2 bridgehead atoms. The summed E-state index contributed by atoms with van der Waals surface area (Å²) in [5.74, 6) is 1.27. The average Bonchev–Trinajstić information content (AvgIpc) is 2.65. The van der Waals surface area contributed by atoms with E-state index in [1.165, 1.54) is 5.69 Å². The lowest BCUT2D eigenvalue weighted by Crippen LogP contribution is -2.46. The first-order chi connectivity index (χ1) is 12.7. The summed E-state index contributed by atoms with van der Waals surface area (Å²) in [6.45, 7) is 3.46. The highest BCUT2D eigenvalue weighted by Crippen LogP contribution is 2.37. The summed E-state index contributed by atoms with van der Waals surface area (Å²) in [4.78, 5) is 14.6. The number of aromatic nitrogens is 1. The fourth-order valence-corrected chi connectivity index (χ4v) is 4.84. The third-order valence-corrected chi connectivity index (χ3v) is 5.95. The molecule has 26 heavy (non-hydrogen) atoms. The van der Waals surface area contributed by atoms with Gasteiger partial charge in [-0.2, -0.15) is 0 Å². The maximum atomic E-state index is 12.2. The van der Waals surface area contributed by atoms with E-state index in [4.69, 9.17) is 0 Å². The van der Waals surface area contributed by atoms with Crippen molar-refractivity contribution in [1.82, 2.24) is 9.47 Å². The predicted octanol–water partition coefficient (Wildman–Crippen LogP) is 3.33. The van der Waals surface area contributed by atoms with E-state index in [0.717, 1.165) is 48.9 Å². The molecule has 0 unspecified atom stereocenters. The maximum absolute atomic E-state index is 12.2. The number of pyridine rings is 1. The molecule has 0 saturated carbocycles. The molecule has 1 fully saturated rings. The van der Waals surface area contributed by atoms with Crippen LogP contribution in [0.25, 0.3) is 10.8 Å². The molecule has 3 aromatic rings. The van der Waals surface area contributed by atoms with E-state index in [2.05, 4.69) is 23.1 Å². The van der Waals surface area contributed by atoms with Gasteiger partial charge in [-0.1, -0.05) is 36.4 Å². The van der Waals surface area contributed by atoms with Gasteiger partial charge in [0.15, 0.2) is 0 Å². The van der Waals surface area contributed by atoms with E-state index in [9.17, 15) is 9.90 Å². The zero-order valence-electron chi connectivity index (χ0n) is 14.6. The lowest BCUT2D eigenvalue weighted by Gasteiger charge is -2.43. The van der Waals surface area contributed by atoms with Gasteiger partial charge in [0.05, 0.1) is 0 Å². The second-order valence-electron chi connectivity index (χ2n) is 7.68. The van der Waals surface area contributed by atoms with Crippen molar-refractivity contribution in [2.24, 2.45) is 5.92 Å². The Hall–Kier alpha value is -2.59. The Morgan fingerprint density at radius 3 is 2.77 bits per heavy atom. The fourth-order valence-electron chi connectivity index (χ4n) is 4.84. The minimum Gasteiger partial charge on any atom is -0.508 e. The van der Waals surface area contributed by atoms with Crippen molar-refractivity contribution in [2.45, 2.75) is 25.4 Å². The van der Waals surface area contributed by atoms with Gasteiger partial charge in [-0.15, -0.1) is 0 Å². The van der Waals surface area contributed by atoms with Crippen LogP contribution < -0.4 is 5.56 Å². The van der Waals surface area contributed by atoms with E-state index in [1.54, 1.807) is 12.1 Å². The Kier molecular flexibility index (Phi) is 3.61. The molecule has 132 valence electrons. The van der Waals surface area contributed by atoms with Crippen molar-refractivity contribution in [3.63, 3.8) is 0 Å². The molecule has 0 radical (unpaired) electrons. The molecular weight excluding hydrogens is 324 g/mol. The summed E-state index contributed by atoms with van der Waals surface area (Å²) in [5, 5.41) is 12.8. The summed E-state index contributed by atoms with van der Waals surface area (Å²) in [5.41, 5.74) is 2.30. The molecule has 1 aromatic heterocycles. The molecule has 1 N–H and O–H groups in total. The molecule has 0 amide bonds. The number of likely N-dealkylation sites (tertiary alicyclic amines) is 1. The molecule has 4 nitrogen and oxygen atoms in total. The monoisotopic (exact) mass is 346 g/mol. The Bertz CT molecular complexity index is 1040. The highest BCUT2D eigenvalue weighted by atomic mass is 16.3. The van der Waals surface area contributed by atoms with Crippen LogP contribution in [0.2, 0.25) is 0 Å². The van der Waals surface area contributed by atoms with Gasteiger partial charge in [0, 0.05) is 49.4 Å². The maximum Gasteiger partial charge on any atom is 0.250 e. The van der Waals surface area contributed by atoms with Gasteiger partial charge in [0.25, 0.3) is 5.56 Å². The van der Waals surface area contributed by atoms with Crippen molar-refractivity contribution in [3.05, 3.63) is 76.2 Å². The highest BCUT2D eigenvalue weighted by molar-refractivity contribution is 5.87. The van der Waals surface area contributed by atoms with Crippen LogP contribution >= 0.6 is 0 Å². The largest absolute Gasteiger partial charge is 0.508 e. The molecule has 4 heteroatoms. The van der Waals surface area contributed by atoms with E-state index in [-0.39, 0.29) is 5.56 Å². The fraction of sp³-hybridized carbons (Fsp3) is 0.318. The number of rotatable bonds is 2. The van der Waals surface area contributed by atoms with Crippen LogP contribution in [-0.4, -0.2) is 27.7 Å². The number of benzene rings is 2. The van der Waals surface area contributed by atoms with E-state index in [0.29, 0.717) is 17.6 Å². The molecule has 5 rings (SSSR count). The first kappa shape index (κ1) is 15.6. The molecule has 0 spiro atoms. The van der Waals surface area contributed by atoms with E-state index in [1.807, 2.05) is 28.8 Å². The van der Waals surface area contributed by atoms with Gasteiger partial charge in [0.1, 0.15) is 5.75 Å². The summed E-state index contributed by atoms with van der Waals surface area (Å²) in [7, 11) is 0. The number of piperidine rings is 1. The van der Waals surface area contributed by atoms with Gasteiger partial charge in [-0.3, -0.25) is 9.69 Å². The number of aromatic hydroxyl groups is 1. The van der Waals surface area contributed by atoms with E-state index >= 15 is 0 Å².